The Morgan fingerprint density at radius 1 is 1.29 bits per heavy atom. The summed E-state index contributed by atoms with van der Waals surface area (Å²) in [7, 11) is -1.39. The fourth-order valence-electron chi connectivity index (χ4n) is 1.40. The van der Waals surface area contributed by atoms with Gasteiger partial charge in [-0.05, 0) is 38.1 Å². The second kappa shape index (κ2) is 7.50. The molecular formula is C12H17F2NOS. The van der Waals surface area contributed by atoms with E-state index < -0.39 is 22.4 Å². The van der Waals surface area contributed by atoms with Crippen LogP contribution in [0.3, 0.4) is 0 Å². The maximum atomic E-state index is 13.3. The van der Waals surface area contributed by atoms with Crippen molar-refractivity contribution in [3.05, 3.63) is 29.8 Å². The second-order valence-corrected chi connectivity index (χ2v) is 5.27. The van der Waals surface area contributed by atoms with E-state index in [1.807, 2.05) is 0 Å². The van der Waals surface area contributed by atoms with E-state index in [0.29, 0.717) is 12.2 Å². The molecule has 1 aromatic carbocycles. The van der Waals surface area contributed by atoms with Gasteiger partial charge in [0.1, 0.15) is 11.6 Å². The highest BCUT2D eigenvalue weighted by atomic mass is 32.2. The molecule has 0 bridgehead atoms. The Morgan fingerprint density at radius 3 is 2.71 bits per heavy atom. The molecule has 1 aromatic rings. The summed E-state index contributed by atoms with van der Waals surface area (Å²) in [5.74, 6) is -0.989. The molecule has 0 radical (unpaired) electrons. The van der Waals surface area contributed by atoms with Crippen molar-refractivity contribution in [1.29, 1.82) is 0 Å². The normalized spacial score (nSPS) is 12.6. The molecule has 17 heavy (non-hydrogen) atoms. The molecule has 0 spiro atoms. The third kappa shape index (κ3) is 4.91. The first-order chi connectivity index (χ1) is 8.15. The monoisotopic (exact) mass is 261 g/mol. The standard InChI is InChI=1S/C12H17F2NOS/c1-2-6-15-7-3-8-17(16)12-5-4-10(13)9-11(12)14/h4-5,9,15H,2-3,6-8H2,1H3. The summed E-state index contributed by atoms with van der Waals surface area (Å²) in [6.45, 7) is 3.76. The van der Waals surface area contributed by atoms with Crippen molar-refractivity contribution < 1.29 is 13.0 Å². The minimum absolute atomic E-state index is 0.0851. The van der Waals surface area contributed by atoms with Gasteiger partial charge in [-0.1, -0.05) is 6.92 Å². The molecule has 2 nitrogen and oxygen atoms in total. The highest BCUT2D eigenvalue weighted by molar-refractivity contribution is 7.85. The summed E-state index contributed by atoms with van der Waals surface area (Å²) < 4.78 is 37.7. The molecular weight excluding hydrogens is 244 g/mol. The van der Waals surface area contributed by atoms with Gasteiger partial charge in [0, 0.05) is 11.8 Å². The average Bonchev–Trinajstić information content (AvgIpc) is 2.28. The van der Waals surface area contributed by atoms with Gasteiger partial charge in [0.05, 0.1) is 15.7 Å². The maximum Gasteiger partial charge on any atom is 0.142 e. The number of nitrogens with one attached hydrogen (secondary N) is 1. The first-order valence-electron chi connectivity index (χ1n) is 5.69. The van der Waals surface area contributed by atoms with E-state index in [1.165, 1.54) is 6.07 Å². The molecule has 5 heteroatoms. The lowest BCUT2D eigenvalue weighted by Gasteiger charge is -2.05. The van der Waals surface area contributed by atoms with Crippen molar-refractivity contribution in [2.24, 2.45) is 0 Å². The molecule has 0 aliphatic rings. The van der Waals surface area contributed by atoms with E-state index in [-0.39, 0.29) is 4.90 Å². The van der Waals surface area contributed by atoms with E-state index in [4.69, 9.17) is 0 Å². The van der Waals surface area contributed by atoms with E-state index >= 15 is 0 Å². The number of hydrogen-bond acceptors (Lipinski definition) is 2. The SMILES string of the molecule is CCCNCCCS(=O)c1ccc(F)cc1F. The molecule has 0 saturated carbocycles. The highest BCUT2D eigenvalue weighted by Crippen LogP contribution is 2.14. The van der Waals surface area contributed by atoms with Gasteiger partial charge in [-0.15, -0.1) is 0 Å². The van der Waals surface area contributed by atoms with Gasteiger partial charge in [-0.2, -0.15) is 0 Å². The molecule has 0 aliphatic heterocycles. The van der Waals surface area contributed by atoms with Crippen molar-refractivity contribution in [2.75, 3.05) is 18.8 Å². The number of halogens is 2. The van der Waals surface area contributed by atoms with Crippen molar-refractivity contribution in [2.45, 2.75) is 24.7 Å². The third-order valence-corrected chi connectivity index (χ3v) is 3.73. The fraction of sp³-hybridized carbons (Fsp3) is 0.500. The van der Waals surface area contributed by atoms with Crippen molar-refractivity contribution in [3.8, 4) is 0 Å². The Labute approximate surface area is 103 Å². The van der Waals surface area contributed by atoms with Gasteiger partial charge in [0.15, 0.2) is 0 Å². The Morgan fingerprint density at radius 2 is 2.06 bits per heavy atom. The van der Waals surface area contributed by atoms with E-state index in [2.05, 4.69) is 12.2 Å². The van der Waals surface area contributed by atoms with E-state index in [0.717, 1.165) is 31.6 Å². The van der Waals surface area contributed by atoms with Crippen LogP contribution in [-0.2, 0) is 10.8 Å². The van der Waals surface area contributed by atoms with Crippen molar-refractivity contribution in [3.63, 3.8) is 0 Å². The van der Waals surface area contributed by atoms with Crippen LogP contribution in [0.2, 0.25) is 0 Å². The zero-order valence-corrected chi connectivity index (χ0v) is 10.7. The molecule has 1 N–H and O–H groups in total. The van der Waals surface area contributed by atoms with Gasteiger partial charge in [-0.3, -0.25) is 4.21 Å². The summed E-state index contributed by atoms with van der Waals surface area (Å²) in [4.78, 5) is 0.0851. The summed E-state index contributed by atoms with van der Waals surface area (Å²) >= 11 is 0. The maximum absolute atomic E-state index is 13.3. The van der Waals surface area contributed by atoms with Crippen LogP contribution in [0.25, 0.3) is 0 Å². The summed E-state index contributed by atoms with van der Waals surface area (Å²) in [5.41, 5.74) is 0. The molecule has 0 heterocycles. The molecule has 0 aromatic heterocycles. The Hall–Kier alpha value is -0.810. The summed E-state index contributed by atoms with van der Waals surface area (Å²) in [6, 6.07) is 3.15. The molecule has 0 amide bonds. The molecule has 0 aliphatic carbocycles. The van der Waals surface area contributed by atoms with Gasteiger partial charge in [0.2, 0.25) is 0 Å². The van der Waals surface area contributed by atoms with E-state index in [1.54, 1.807) is 0 Å². The number of rotatable bonds is 7. The molecule has 1 rings (SSSR count). The fourth-order valence-corrected chi connectivity index (χ4v) is 2.52. The summed E-state index contributed by atoms with van der Waals surface area (Å²) in [5, 5.41) is 3.18. The molecule has 0 saturated heterocycles. The van der Waals surface area contributed by atoms with Crippen LogP contribution in [0.5, 0.6) is 0 Å². The van der Waals surface area contributed by atoms with Crippen molar-refractivity contribution in [1.82, 2.24) is 5.32 Å². The number of hydrogen-bond donors (Lipinski definition) is 1. The predicted octanol–water partition coefficient (Wildman–Crippen LogP) is 2.46. The third-order valence-electron chi connectivity index (χ3n) is 2.25. The van der Waals surface area contributed by atoms with Crippen LogP contribution in [0.1, 0.15) is 19.8 Å². The molecule has 96 valence electrons. The number of benzene rings is 1. The van der Waals surface area contributed by atoms with Crippen molar-refractivity contribution >= 4 is 10.8 Å². The largest absolute Gasteiger partial charge is 0.317 e. The topological polar surface area (TPSA) is 29.1 Å². The first kappa shape index (κ1) is 14.3. The average molecular weight is 261 g/mol. The zero-order chi connectivity index (χ0) is 12.7. The van der Waals surface area contributed by atoms with Crippen LogP contribution in [-0.4, -0.2) is 23.1 Å². The van der Waals surface area contributed by atoms with Gasteiger partial charge in [0.25, 0.3) is 0 Å². The quantitative estimate of drug-likeness (QED) is 0.764. The first-order valence-corrected chi connectivity index (χ1v) is 7.01. The zero-order valence-electron chi connectivity index (χ0n) is 9.84. The van der Waals surface area contributed by atoms with E-state index in [9.17, 15) is 13.0 Å². The second-order valence-electron chi connectivity index (χ2n) is 3.73. The smallest absolute Gasteiger partial charge is 0.142 e. The molecule has 1 atom stereocenters. The van der Waals surface area contributed by atoms with Crippen LogP contribution >= 0.6 is 0 Å². The molecule has 0 fully saturated rings. The Bertz CT molecular complexity index is 385. The lowest BCUT2D eigenvalue weighted by molar-refractivity contribution is 0.562. The van der Waals surface area contributed by atoms with Gasteiger partial charge >= 0.3 is 0 Å². The Kier molecular flexibility index (Phi) is 6.29. The van der Waals surface area contributed by atoms with Gasteiger partial charge in [-0.25, -0.2) is 8.78 Å². The van der Waals surface area contributed by atoms with Gasteiger partial charge < -0.3 is 5.32 Å². The molecule has 1 unspecified atom stereocenters. The highest BCUT2D eigenvalue weighted by Gasteiger charge is 2.10. The predicted molar refractivity (Wildman–Crippen MR) is 65.4 cm³/mol. The van der Waals surface area contributed by atoms with Crippen LogP contribution in [0.15, 0.2) is 23.1 Å². The van der Waals surface area contributed by atoms with Crippen LogP contribution < -0.4 is 5.32 Å². The minimum atomic E-state index is -1.39. The summed E-state index contributed by atoms with van der Waals surface area (Å²) in [6.07, 6.45) is 1.76. The van der Waals surface area contributed by atoms with Crippen LogP contribution in [0, 0.1) is 11.6 Å². The lowest BCUT2D eigenvalue weighted by Crippen LogP contribution is -2.18. The minimum Gasteiger partial charge on any atom is -0.317 e. The Balaban J connectivity index is 2.42. The lowest BCUT2D eigenvalue weighted by atomic mass is 10.3. The van der Waals surface area contributed by atoms with Crippen LogP contribution in [0.4, 0.5) is 8.78 Å².